The fourth-order valence-electron chi connectivity index (χ4n) is 1.70. The second kappa shape index (κ2) is 4.13. The molecule has 1 saturated carbocycles. The van der Waals surface area contributed by atoms with Crippen molar-refractivity contribution < 1.29 is 0 Å². The average Bonchev–Trinajstić information content (AvgIpc) is 2.89. The van der Waals surface area contributed by atoms with Gasteiger partial charge in [-0.05, 0) is 58.8 Å². The molecule has 1 unspecified atom stereocenters. The molecule has 0 spiro atoms. The van der Waals surface area contributed by atoms with E-state index in [0.717, 1.165) is 6.04 Å². The Morgan fingerprint density at radius 3 is 2.69 bits per heavy atom. The van der Waals surface area contributed by atoms with Crippen molar-refractivity contribution in [2.75, 3.05) is 0 Å². The van der Waals surface area contributed by atoms with Crippen LogP contribution in [0, 0.1) is 0 Å². The van der Waals surface area contributed by atoms with E-state index in [0.29, 0.717) is 6.04 Å². The van der Waals surface area contributed by atoms with Gasteiger partial charge in [0.2, 0.25) is 0 Å². The minimum absolute atomic E-state index is 0.591. The molecule has 1 N–H and O–H groups in total. The lowest BCUT2D eigenvalue weighted by Gasteiger charge is -2.19. The summed E-state index contributed by atoms with van der Waals surface area (Å²) < 4.78 is 1.49. The van der Waals surface area contributed by atoms with Crippen LogP contribution in [0.1, 0.15) is 32.6 Å². The quantitative estimate of drug-likeness (QED) is 0.787. The number of rotatable bonds is 3. The molecule has 1 atom stereocenters. The van der Waals surface area contributed by atoms with Gasteiger partial charge in [-0.25, -0.2) is 0 Å². The highest BCUT2D eigenvalue weighted by Crippen LogP contribution is 2.27. The monoisotopic (exact) mass is 289 g/mol. The van der Waals surface area contributed by atoms with E-state index in [9.17, 15) is 0 Å². The summed E-state index contributed by atoms with van der Waals surface area (Å²) >= 11 is 2.42. The second-order valence-electron chi connectivity index (χ2n) is 4.02. The van der Waals surface area contributed by atoms with Gasteiger partial charge in [0.05, 0.1) is 0 Å². The molecular weight excluding hydrogens is 273 g/mol. The Morgan fingerprint density at radius 2 is 2.15 bits per heavy atom. The first-order valence-electron chi connectivity index (χ1n) is 5.07. The molecule has 72 valence electrons. The van der Waals surface area contributed by atoms with Gasteiger partial charge < -0.3 is 5.32 Å². The Labute approximate surface area is 93.8 Å². The van der Waals surface area contributed by atoms with Gasteiger partial charge in [0, 0.05) is 12.1 Å². The van der Waals surface area contributed by atoms with Crippen molar-refractivity contribution in [3.05, 3.63) is 21.3 Å². The largest absolute Gasteiger partial charge is 0.308 e. The fraction of sp³-hybridized carbons (Fsp3) is 0.636. The molecule has 0 bridgehead atoms. The van der Waals surface area contributed by atoms with Gasteiger partial charge in [-0.3, -0.25) is 0 Å². The van der Waals surface area contributed by atoms with Crippen molar-refractivity contribution in [2.24, 2.45) is 0 Å². The zero-order chi connectivity index (χ0) is 9.26. The highest BCUT2D eigenvalue weighted by molar-refractivity contribution is 14.1. The van der Waals surface area contributed by atoms with Crippen LogP contribution in [0.25, 0.3) is 0 Å². The molecule has 0 aromatic heterocycles. The molecule has 2 rings (SSSR count). The van der Waals surface area contributed by atoms with Crippen molar-refractivity contribution in [3.63, 3.8) is 0 Å². The molecule has 0 heterocycles. The van der Waals surface area contributed by atoms with Gasteiger partial charge in [0.25, 0.3) is 0 Å². The van der Waals surface area contributed by atoms with E-state index in [-0.39, 0.29) is 0 Å². The highest BCUT2D eigenvalue weighted by Gasteiger charge is 2.24. The molecule has 0 radical (unpaired) electrons. The zero-order valence-corrected chi connectivity index (χ0v) is 10.2. The summed E-state index contributed by atoms with van der Waals surface area (Å²) in [7, 11) is 0. The molecule has 2 aliphatic carbocycles. The molecule has 0 aromatic carbocycles. The van der Waals surface area contributed by atoms with E-state index in [1.807, 2.05) is 0 Å². The number of halogens is 1. The number of hydrogen-bond donors (Lipinski definition) is 1. The molecule has 2 aliphatic rings. The fourth-order valence-corrected chi connectivity index (χ4v) is 2.15. The summed E-state index contributed by atoms with van der Waals surface area (Å²) in [5.74, 6) is 0. The van der Waals surface area contributed by atoms with Crippen molar-refractivity contribution in [1.82, 2.24) is 5.32 Å². The van der Waals surface area contributed by atoms with Crippen LogP contribution in [0.4, 0.5) is 0 Å². The maximum absolute atomic E-state index is 3.64. The molecular formula is C11H16IN. The SMILES string of the molecule is CC(NC1CC1)C1=CC=C(I)CC1. The Kier molecular flexibility index (Phi) is 3.09. The number of nitrogens with one attached hydrogen (secondary N) is 1. The summed E-state index contributed by atoms with van der Waals surface area (Å²) in [4.78, 5) is 0. The Bertz CT molecular complexity index is 251. The van der Waals surface area contributed by atoms with Crippen molar-refractivity contribution >= 4 is 22.6 Å². The lowest BCUT2D eigenvalue weighted by molar-refractivity contribution is 0.585. The van der Waals surface area contributed by atoms with Crippen LogP contribution in [-0.4, -0.2) is 12.1 Å². The predicted molar refractivity (Wildman–Crippen MR) is 65.0 cm³/mol. The Balaban J connectivity index is 1.91. The molecule has 1 nitrogen and oxygen atoms in total. The van der Waals surface area contributed by atoms with E-state index in [1.165, 1.54) is 29.3 Å². The van der Waals surface area contributed by atoms with Crippen molar-refractivity contribution in [2.45, 2.75) is 44.7 Å². The average molecular weight is 289 g/mol. The van der Waals surface area contributed by atoms with E-state index in [4.69, 9.17) is 0 Å². The molecule has 0 amide bonds. The second-order valence-corrected chi connectivity index (χ2v) is 5.40. The van der Waals surface area contributed by atoms with Crippen LogP contribution in [-0.2, 0) is 0 Å². The molecule has 2 heteroatoms. The van der Waals surface area contributed by atoms with Crippen LogP contribution in [0.3, 0.4) is 0 Å². The van der Waals surface area contributed by atoms with Gasteiger partial charge in [0.15, 0.2) is 0 Å². The van der Waals surface area contributed by atoms with Gasteiger partial charge in [-0.1, -0.05) is 17.7 Å². The molecule has 0 aromatic rings. The van der Waals surface area contributed by atoms with Gasteiger partial charge in [-0.15, -0.1) is 0 Å². The van der Waals surface area contributed by atoms with E-state index < -0.39 is 0 Å². The minimum atomic E-state index is 0.591. The maximum Gasteiger partial charge on any atom is 0.0256 e. The van der Waals surface area contributed by atoms with Gasteiger partial charge in [-0.2, -0.15) is 0 Å². The summed E-state index contributed by atoms with van der Waals surface area (Å²) in [5, 5.41) is 3.64. The summed E-state index contributed by atoms with van der Waals surface area (Å²) in [6.07, 6.45) is 9.80. The first-order chi connectivity index (χ1) is 6.25. The Morgan fingerprint density at radius 1 is 1.38 bits per heavy atom. The van der Waals surface area contributed by atoms with Crippen molar-refractivity contribution in [3.8, 4) is 0 Å². The number of allylic oxidation sites excluding steroid dienone is 3. The third-order valence-corrected chi connectivity index (χ3v) is 3.65. The van der Waals surface area contributed by atoms with Gasteiger partial charge in [0.1, 0.15) is 0 Å². The first kappa shape index (κ1) is 9.71. The van der Waals surface area contributed by atoms with Crippen LogP contribution < -0.4 is 5.32 Å². The Hall–Kier alpha value is 0.170. The molecule has 13 heavy (non-hydrogen) atoms. The van der Waals surface area contributed by atoms with Crippen LogP contribution >= 0.6 is 22.6 Å². The zero-order valence-electron chi connectivity index (χ0n) is 8.02. The third kappa shape index (κ3) is 2.81. The highest BCUT2D eigenvalue weighted by atomic mass is 127. The molecule has 1 fully saturated rings. The van der Waals surface area contributed by atoms with Crippen LogP contribution in [0.2, 0.25) is 0 Å². The van der Waals surface area contributed by atoms with E-state index in [2.05, 4.69) is 47.0 Å². The lowest BCUT2D eigenvalue weighted by atomic mass is 9.99. The molecule has 0 saturated heterocycles. The number of hydrogen-bond acceptors (Lipinski definition) is 1. The van der Waals surface area contributed by atoms with Crippen LogP contribution in [0.5, 0.6) is 0 Å². The standard InChI is InChI=1S/C11H16IN/c1-8(13-11-6-7-11)9-2-4-10(12)5-3-9/h2,4,8,11,13H,3,5-7H2,1H3. The third-order valence-electron chi connectivity index (χ3n) is 2.75. The maximum atomic E-state index is 3.64. The first-order valence-corrected chi connectivity index (χ1v) is 6.15. The summed E-state index contributed by atoms with van der Waals surface area (Å²) in [6, 6.07) is 1.41. The normalized spacial score (nSPS) is 25.1. The molecule has 0 aliphatic heterocycles. The smallest absolute Gasteiger partial charge is 0.0256 e. The summed E-state index contributed by atoms with van der Waals surface area (Å²) in [5.41, 5.74) is 1.58. The van der Waals surface area contributed by atoms with Crippen molar-refractivity contribution in [1.29, 1.82) is 0 Å². The van der Waals surface area contributed by atoms with Gasteiger partial charge >= 0.3 is 0 Å². The van der Waals surface area contributed by atoms with Crippen LogP contribution in [0.15, 0.2) is 21.3 Å². The van der Waals surface area contributed by atoms with E-state index in [1.54, 1.807) is 5.57 Å². The predicted octanol–water partition coefficient (Wildman–Crippen LogP) is 3.17. The lowest BCUT2D eigenvalue weighted by Crippen LogP contribution is -2.30. The minimum Gasteiger partial charge on any atom is -0.308 e. The summed E-state index contributed by atoms with van der Waals surface area (Å²) in [6.45, 7) is 2.29. The topological polar surface area (TPSA) is 12.0 Å². The van der Waals surface area contributed by atoms with E-state index >= 15 is 0 Å².